The third-order valence-electron chi connectivity index (χ3n) is 2.60. The number of nitrogens with zero attached hydrogens (tertiary/aromatic N) is 1. The molecule has 1 N–H and O–H groups in total. The maximum atomic E-state index is 11.5. The zero-order valence-corrected chi connectivity index (χ0v) is 13.8. The molecule has 1 unspecified atom stereocenters. The molecule has 20 heavy (non-hydrogen) atoms. The number of hydrogen-bond donors (Lipinski definition) is 1. The molecule has 1 rings (SSSR count). The molecule has 5 heteroatoms. The lowest BCUT2D eigenvalue weighted by Gasteiger charge is -2.13. The van der Waals surface area contributed by atoms with Crippen LogP contribution in [0.25, 0.3) is 0 Å². The predicted molar refractivity (Wildman–Crippen MR) is 81.1 cm³/mol. The van der Waals surface area contributed by atoms with E-state index in [4.69, 9.17) is 0 Å². The number of likely N-dealkylation sites (tertiary alicyclic amines) is 1. The summed E-state index contributed by atoms with van der Waals surface area (Å²) >= 11 is 0. The topological polar surface area (TPSA) is 66.5 Å². The van der Waals surface area contributed by atoms with Gasteiger partial charge in [0, 0.05) is 31.8 Å². The smallest absolute Gasteiger partial charge is 0.232 e. The molecular weight excluding hydrogens is 256 g/mol. The van der Waals surface area contributed by atoms with Crippen LogP contribution in [-0.2, 0) is 14.4 Å². The van der Waals surface area contributed by atoms with Crippen LogP contribution in [-0.4, -0.2) is 35.7 Å². The van der Waals surface area contributed by atoms with E-state index in [1.807, 2.05) is 34.6 Å². The summed E-state index contributed by atoms with van der Waals surface area (Å²) in [4.78, 5) is 35.4. The number of carbonyl (C=O) groups excluding carboxylic acids is 3. The molecule has 1 atom stereocenters. The minimum absolute atomic E-state index is 0.109. The van der Waals surface area contributed by atoms with Crippen LogP contribution in [0.1, 0.15) is 60.8 Å². The molecule has 0 aromatic heterocycles. The van der Waals surface area contributed by atoms with Gasteiger partial charge in [-0.3, -0.25) is 19.3 Å². The fraction of sp³-hybridized carbons (Fsp3) is 0.800. The van der Waals surface area contributed by atoms with E-state index in [1.165, 1.54) is 4.90 Å². The lowest BCUT2D eigenvalue weighted by Crippen LogP contribution is -2.35. The fourth-order valence-corrected chi connectivity index (χ4v) is 1.65. The Morgan fingerprint density at radius 3 is 2.20 bits per heavy atom. The van der Waals surface area contributed by atoms with Crippen molar-refractivity contribution in [2.75, 3.05) is 13.1 Å². The minimum atomic E-state index is -0.230. The molecule has 5 nitrogen and oxygen atoms in total. The van der Waals surface area contributed by atoms with E-state index in [-0.39, 0.29) is 43.0 Å². The Bertz CT molecular complexity index is 303. The summed E-state index contributed by atoms with van der Waals surface area (Å²) in [6, 6.07) is 0. The summed E-state index contributed by atoms with van der Waals surface area (Å²) in [6.07, 6.45) is 1.35. The van der Waals surface area contributed by atoms with Gasteiger partial charge >= 0.3 is 0 Å². The van der Waals surface area contributed by atoms with Crippen LogP contribution in [0.15, 0.2) is 0 Å². The van der Waals surface area contributed by atoms with E-state index < -0.39 is 0 Å². The summed E-state index contributed by atoms with van der Waals surface area (Å²) in [5.41, 5.74) is 0. The first kappa shape index (κ1) is 20.9. The first-order valence-electron chi connectivity index (χ1n) is 7.67. The zero-order chi connectivity index (χ0) is 16.1. The highest BCUT2D eigenvalue weighted by Gasteiger charge is 2.35. The second kappa shape index (κ2) is 12.6. The monoisotopic (exact) mass is 286 g/mol. The van der Waals surface area contributed by atoms with Crippen molar-refractivity contribution in [3.05, 3.63) is 0 Å². The molecule has 0 spiro atoms. The molecule has 1 aliphatic heterocycles. The highest BCUT2D eigenvalue weighted by molar-refractivity contribution is 6.03. The molecule has 118 valence electrons. The average molecular weight is 286 g/mol. The summed E-state index contributed by atoms with van der Waals surface area (Å²) in [5.74, 6) is -0.665. The van der Waals surface area contributed by atoms with Crippen molar-refractivity contribution in [2.45, 2.75) is 60.8 Å². The van der Waals surface area contributed by atoms with Crippen LogP contribution >= 0.6 is 0 Å². The second-order valence-electron chi connectivity index (χ2n) is 4.09. The summed E-state index contributed by atoms with van der Waals surface area (Å²) in [6.45, 7) is 12.5. The van der Waals surface area contributed by atoms with Crippen molar-refractivity contribution >= 4 is 17.7 Å². The molecule has 0 aliphatic carbocycles. The van der Waals surface area contributed by atoms with Gasteiger partial charge in [-0.15, -0.1) is 0 Å². The fourth-order valence-electron chi connectivity index (χ4n) is 1.65. The highest BCUT2D eigenvalue weighted by atomic mass is 16.2. The van der Waals surface area contributed by atoms with Gasteiger partial charge in [0.25, 0.3) is 0 Å². The van der Waals surface area contributed by atoms with Crippen molar-refractivity contribution in [3.8, 4) is 0 Å². The van der Waals surface area contributed by atoms with Crippen LogP contribution in [0.3, 0.4) is 0 Å². The van der Waals surface area contributed by atoms with Crippen molar-refractivity contribution in [2.24, 2.45) is 5.92 Å². The molecule has 0 aromatic carbocycles. The molecule has 1 aliphatic rings. The molecule has 1 fully saturated rings. The van der Waals surface area contributed by atoms with E-state index in [1.54, 1.807) is 6.92 Å². The van der Waals surface area contributed by atoms with Crippen LogP contribution in [0, 0.1) is 5.92 Å². The molecule has 0 saturated carbocycles. The largest absolute Gasteiger partial charge is 0.356 e. The number of carbonyl (C=O) groups is 3. The van der Waals surface area contributed by atoms with Gasteiger partial charge in [-0.25, -0.2) is 0 Å². The van der Waals surface area contributed by atoms with E-state index in [2.05, 4.69) is 5.32 Å². The summed E-state index contributed by atoms with van der Waals surface area (Å²) in [7, 11) is 0. The first-order chi connectivity index (χ1) is 9.56. The minimum Gasteiger partial charge on any atom is -0.356 e. The Kier molecular flexibility index (Phi) is 13.2. The SMILES string of the molecule is CC.CC.CCCNC(=O)CCN1C(=O)CC(C)C1=O. The maximum Gasteiger partial charge on any atom is 0.232 e. The van der Waals surface area contributed by atoms with Crippen molar-refractivity contribution in [3.63, 3.8) is 0 Å². The zero-order valence-electron chi connectivity index (χ0n) is 13.8. The highest BCUT2D eigenvalue weighted by Crippen LogP contribution is 2.18. The number of imide groups is 1. The molecule has 1 heterocycles. The lowest BCUT2D eigenvalue weighted by atomic mass is 10.1. The van der Waals surface area contributed by atoms with E-state index in [9.17, 15) is 14.4 Å². The Morgan fingerprint density at radius 1 is 1.25 bits per heavy atom. The molecule has 0 aromatic rings. The Labute approximate surface area is 123 Å². The molecule has 3 amide bonds. The van der Waals surface area contributed by atoms with Gasteiger partial charge in [-0.05, 0) is 6.42 Å². The number of hydrogen-bond acceptors (Lipinski definition) is 3. The van der Waals surface area contributed by atoms with Gasteiger partial charge in [0.05, 0.1) is 0 Å². The number of nitrogens with one attached hydrogen (secondary N) is 1. The maximum absolute atomic E-state index is 11.5. The van der Waals surface area contributed by atoms with Crippen LogP contribution in [0.2, 0.25) is 0 Å². The van der Waals surface area contributed by atoms with Crippen molar-refractivity contribution < 1.29 is 14.4 Å². The van der Waals surface area contributed by atoms with Crippen LogP contribution in [0.4, 0.5) is 0 Å². The van der Waals surface area contributed by atoms with Crippen molar-refractivity contribution in [1.29, 1.82) is 0 Å². The van der Waals surface area contributed by atoms with Gasteiger partial charge in [-0.2, -0.15) is 0 Å². The molecule has 0 bridgehead atoms. The molecule has 1 saturated heterocycles. The third-order valence-corrected chi connectivity index (χ3v) is 2.60. The average Bonchev–Trinajstić information content (AvgIpc) is 2.72. The number of rotatable bonds is 5. The Morgan fingerprint density at radius 2 is 1.80 bits per heavy atom. The molecular formula is C15H30N2O3. The van der Waals surface area contributed by atoms with Crippen LogP contribution in [0.5, 0.6) is 0 Å². The lowest BCUT2D eigenvalue weighted by molar-refractivity contribution is -0.139. The normalized spacial score (nSPS) is 16.9. The van der Waals surface area contributed by atoms with Gasteiger partial charge < -0.3 is 5.32 Å². The quantitative estimate of drug-likeness (QED) is 0.789. The van der Waals surface area contributed by atoms with E-state index in [0.717, 1.165) is 6.42 Å². The van der Waals surface area contributed by atoms with Gasteiger partial charge in [-0.1, -0.05) is 41.5 Å². The van der Waals surface area contributed by atoms with E-state index in [0.29, 0.717) is 6.54 Å². The molecule has 0 radical (unpaired) electrons. The van der Waals surface area contributed by atoms with Crippen molar-refractivity contribution in [1.82, 2.24) is 10.2 Å². The van der Waals surface area contributed by atoms with Gasteiger partial charge in [0.1, 0.15) is 0 Å². The Hall–Kier alpha value is -1.39. The number of amides is 3. The standard InChI is InChI=1S/C11H18N2O3.2C2H6/c1-3-5-12-9(14)4-6-13-10(15)7-8(2)11(13)16;2*1-2/h8H,3-7H2,1-2H3,(H,12,14);2*1-2H3. The van der Waals surface area contributed by atoms with E-state index >= 15 is 0 Å². The summed E-state index contributed by atoms with van der Waals surface area (Å²) in [5, 5.41) is 2.71. The third kappa shape index (κ3) is 7.26. The second-order valence-corrected chi connectivity index (χ2v) is 4.09. The Balaban J connectivity index is 0. The first-order valence-corrected chi connectivity index (χ1v) is 7.67. The van der Waals surface area contributed by atoms with Crippen LogP contribution < -0.4 is 5.32 Å². The predicted octanol–water partition coefficient (Wildman–Crippen LogP) is 2.35. The summed E-state index contributed by atoms with van der Waals surface area (Å²) < 4.78 is 0. The van der Waals surface area contributed by atoms with Gasteiger partial charge in [0.15, 0.2) is 0 Å². The van der Waals surface area contributed by atoms with Gasteiger partial charge in [0.2, 0.25) is 17.7 Å².